The molecular weight excluding hydrogens is 307 g/mol. The fourth-order valence-corrected chi connectivity index (χ4v) is 2.92. The minimum Gasteiger partial charge on any atom is -0.351 e. The Kier molecular flexibility index (Phi) is 3.12. The molecule has 1 aliphatic rings. The Morgan fingerprint density at radius 1 is 1.18 bits per heavy atom. The molecule has 1 fully saturated rings. The van der Waals surface area contributed by atoms with Crippen molar-refractivity contribution < 1.29 is 4.39 Å². The summed E-state index contributed by atoms with van der Waals surface area (Å²) >= 11 is 5.89. The Labute approximate surface area is 131 Å². The van der Waals surface area contributed by atoms with Gasteiger partial charge in [-0.2, -0.15) is 0 Å². The molecule has 8 heteroatoms. The van der Waals surface area contributed by atoms with Crippen LogP contribution in [-0.4, -0.2) is 57.7 Å². The molecule has 1 aliphatic heterocycles. The van der Waals surface area contributed by atoms with Gasteiger partial charge >= 0.3 is 0 Å². The largest absolute Gasteiger partial charge is 0.351 e. The first-order valence-corrected chi connectivity index (χ1v) is 7.43. The van der Waals surface area contributed by atoms with Gasteiger partial charge in [0.2, 0.25) is 5.65 Å². The van der Waals surface area contributed by atoms with Crippen molar-refractivity contribution in [2.24, 2.45) is 0 Å². The molecule has 0 amide bonds. The summed E-state index contributed by atoms with van der Waals surface area (Å²) in [6, 6.07) is 2.92. The minimum absolute atomic E-state index is 0.0663. The van der Waals surface area contributed by atoms with Crippen LogP contribution < -0.4 is 4.90 Å². The molecule has 0 unspecified atom stereocenters. The van der Waals surface area contributed by atoms with Gasteiger partial charge in [0.05, 0.1) is 16.1 Å². The molecule has 114 valence electrons. The number of anilines is 1. The van der Waals surface area contributed by atoms with E-state index in [4.69, 9.17) is 11.6 Å². The van der Waals surface area contributed by atoms with Crippen LogP contribution >= 0.6 is 11.6 Å². The Bertz CT molecular complexity index is 855. The lowest BCUT2D eigenvalue weighted by Gasteiger charge is -2.33. The van der Waals surface area contributed by atoms with Crippen molar-refractivity contribution in [2.45, 2.75) is 0 Å². The summed E-state index contributed by atoms with van der Waals surface area (Å²) in [5.41, 5.74) is 1.91. The number of fused-ring (bicyclic) bond motifs is 3. The van der Waals surface area contributed by atoms with Crippen molar-refractivity contribution >= 4 is 34.1 Å². The van der Waals surface area contributed by atoms with Crippen LogP contribution in [0.1, 0.15) is 0 Å². The summed E-state index contributed by atoms with van der Waals surface area (Å²) in [6.07, 6.45) is 1.60. The van der Waals surface area contributed by atoms with Crippen molar-refractivity contribution in [2.75, 3.05) is 38.1 Å². The van der Waals surface area contributed by atoms with Crippen LogP contribution in [-0.2, 0) is 0 Å². The van der Waals surface area contributed by atoms with E-state index in [2.05, 4.69) is 32.0 Å². The van der Waals surface area contributed by atoms with Crippen LogP contribution in [0.15, 0.2) is 18.5 Å². The molecule has 0 aliphatic carbocycles. The van der Waals surface area contributed by atoms with Gasteiger partial charge in [0.25, 0.3) is 0 Å². The van der Waals surface area contributed by atoms with E-state index >= 15 is 0 Å². The standard InChI is InChI=1S/C14H14ClFN6/c1-20-2-4-21(5-3-20)13-14-19-17-8-22(14)12-6-9(15)10(16)7-11(12)18-13/h6-8H,2-5H2,1H3. The van der Waals surface area contributed by atoms with Crippen LogP contribution in [0.2, 0.25) is 5.02 Å². The number of hydrogen-bond acceptors (Lipinski definition) is 5. The molecule has 3 aromatic rings. The second-order valence-corrected chi connectivity index (χ2v) is 5.91. The van der Waals surface area contributed by atoms with Crippen molar-refractivity contribution in [3.8, 4) is 0 Å². The molecule has 4 rings (SSSR count). The molecule has 1 saturated heterocycles. The summed E-state index contributed by atoms with van der Waals surface area (Å²) in [5, 5.41) is 8.21. The second-order valence-electron chi connectivity index (χ2n) is 5.51. The highest BCUT2D eigenvalue weighted by molar-refractivity contribution is 6.31. The molecule has 0 saturated carbocycles. The molecular formula is C14H14ClFN6. The molecule has 0 N–H and O–H groups in total. The zero-order chi connectivity index (χ0) is 15.3. The van der Waals surface area contributed by atoms with Gasteiger partial charge < -0.3 is 9.80 Å². The normalized spacial score (nSPS) is 16.8. The Morgan fingerprint density at radius 2 is 1.95 bits per heavy atom. The maximum absolute atomic E-state index is 13.8. The van der Waals surface area contributed by atoms with Gasteiger partial charge in [0.15, 0.2) is 5.82 Å². The monoisotopic (exact) mass is 320 g/mol. The summed E-state index contributed by atoms with van der Waals surface area (Å²) in [6.45, 7) is 3.62. The number of benzene rings is 1. The lowest BCUT2D eigenvalue weighted by atomic mass is 10.2. The fraction of sp³-hybridized carbons (Fsp3) is 0.357. The Hall–Kier alpha value is -1.99. The third kappa shape index (κ3) is 2.08. The number of aromatic nitrogens is 4. The summed E-state index contributed by atoms with van der Waals surface area (Å²) in [7, 11) is 2.09. The van der Waals surface area contributed by atoms with E-state index in [1.54, 1.807) is 16.8 Å². The summed E-state index contributed by atoms with van der Waals surface area (Å²) in [4.78, 5) is 9.04. The van der Waals surface area contributed by atoms with Gasteiger partial charge in [-0.25, -0.2) is 9.37 Å². The highest BCUT2D eigenvalue weighted by Crippen LogP contribution is 2.27. The first-order valence-electron chi connectivity index (χ1n) is 7.05. The highest BCUT2D eigenvalue weighted by atomic mass is 35.5. The maximum Gasteiger partial charge on any atom is 0.204 e. The zero-order valence-electron chi connectivity index (χ0n) is 12.0. The Balaban J connectivity index is 1.93. The first kappa shape index (κ1) is 13.7. The second kappa shape index (κ2) is 5.03. The zero-order valence-corrected chi connectivity index (χ0v) is 12.8. The topological polar surface area (TPSA) is 49.6 Å². The van der Waals surface area contributed by atoms with E-state index in [0.717, 1.165) is 32.0 Å². The van der Waals surface area contributed by atoms with Crippen LogP contribution in [0.3, 0.4) is 0 Å². The first-order chi connectivity index (χ1) is 10.6. The number of nitrogens with zero attached hydrogens (tertiary/aromatic N) is 6. The Morgan fingerprint density at radius 3 is 2.73 bits per heavy atom. The van der Waals surface area contributed by atoms with Gasteiger partial charge in [-0.05, 0) is 13.1 Å². The van der Waals surface area contributed by atoms with E-state index in [-0.39, 0.29) is 5.02 Å². The molecule has 0 radical (unpaired) electrons. The predicted octanol–water partition coefficient (Wildman–Crippen LogP) is 1.82. The van der Waals surface area contributed by atoms with Crippen molar-refractivity contribution in [1.29, 1.82) is 0 Å². The highest BCUT2D eigenvalue weighted by Gasteiger charge is 2.21. The fourth-order valence-electron chi connectivity index (χ4n) is 2.77. The number of rotatable bonds is 1. The third-order valence-corrected chi connectivity index (χ3v) is 4.34. The summed E-state index contributed by atoms with van der Waals surface area (Å²) in [5.74, 6) is 0.262. The maximum atomic E-state index is 13.8. The molecule has 6 nitrogen and oxygen atoms in total. The minimum atomic E-state index is -0.474. The number of piperazine rings is 1. The SMILES string of the molecule is CN1CCN(c2nc3cc(F)c(Cl)cc3n3cnnc23)CC1. The van der Waals surface area contributed by atoms with Crippen molar-refractivity contribution in [3.63, 3.8) is 0 Å². The predicted molar refractivity (Wildman–Crippen MR) is 83.0 cm³/mol. The van der Waals surface area contributed by atoms with E-state index in [0.29, 0.717) is 16.7 Å². The lowest BCUT2D eigenvalue weighted by molar-refractivity contribution is 0.312. The van der Waals surface area contributed by atoms with E-state index in [1.165, 1.54) is 6.07 Å². The molecule has 3 heterocycles. The van der Waals surface area contributed by atoms with E-state index in [1.807, 2.05) is 0 Å². The molecule has 22 heavy (non-hydrogen) atoms. The van der Waals surface area contributed by atoms with E-state index in [9.17, 15) is 4.39 Å². The van der Waals surface area contributed by atoms with Crippen molar-refractivity contribution in [1.82, 2.24) is 24.5 Å². The molecule has 2 aromatic heterocycles. The number of likely N-dealkylation sites (N-methyl/N-ethyl adjacent to an activating group) is 1. The van der Waals surface area contributed by atoms with Gasteiger partial charge in [0.1, 0.15) is 12.1 Å². The number of hydrogen-bond donors (Lipinski definition) is 0. The van der Waals surface area contributed by atoms with Crippen LogP contribution in [0.4, 0.5) is 10.2 Å². The van der Waals surface area contributed by atoms with Crippen LogP contribution in [0.25, 0.3) is 16.7 Å². The average Bonchev–Trinajstić information content (AvgIpc) is 2.99. The number of halogens is 2. The van der Waals surface area contributed by atoms with Crippen molar-refractivity contribution in [3.05, 3.63) is 29.3 Å². The third-order valence-electron chi connectivity index (χ3n) is 4.05. The summed E-state index contributed by atoms with van der Waals surface area (Å²) < 4.78 is 15.6. The van der Waals surface area contributed by atoms with Gasteiger partial charge in [-0.3, -0.25) is 4.40 Å². The molecule has 0 bridgehead atoms. The molecule has 0 atom stereocenters. The van der Waals surface area contributed by atoms with Crippen LogP contribution in [0.5, 0.6) is 0 Å². The smallest absolute Gasteiger partial charge is 0.204 e. The van der Waals surface area contributed by atoms with Gasteiger partial charge in [-0.1, -0.05) is 11.6 Å². The average molecular weight is 321 g/mol. The lowest BCUT2D eigenvalue weighted by Crippen LogP contribution is -2.45. The van der Waals surface area contributed by atoms with Gasteiger partial charge in [0, 0.05) is 32.2 Å². The van der Waals surface area contributed by atoms with E-state index < -0.39 is 5.82 Å². The van der Waals surface area contributed by atoms with Gasteiger partial charge in [-0.15, -0.1) is 10.2 Å². The molecule has 0 spiro atoms. The van der Waals surface area contributed by atoms with Crippen LogP contribution in [0, 0.1) is 5.82 Å². The molecule has 1 aromatic carbocycles. The quantitative estimate of drug-likeness (QED) is 0.684.